The van der Waals surface area contributed by atoms with Gasteiger partial charge in [0.05, 0.1) is 5.60 Å². The van der Waals surface area contributed by atoms with Gasteiger partial charge in [0.1, 0.15) is 0 Å². The number of allylic oxidation sites excluding steroid dienone is 2. The van der Waals surface area contributed by atoms with Crippen LogP contribution >= 0.6 is 0 Å². The average molecular weight is 286 g/mol. The fraction of sp³-hybridized carbons (Fsp3) is 0.800. The maximum Gasteiger partial charge on any atom is 0.0882 e. The van der Waals surface area contributed by atoms with Crippen LogP contribution in [0.15, 0.2) is 23.8 Å². The number of hydrogen-bond donors (Lipinski definition) is 1. The molecule has 0 aromatic heterocycles. The Morgan fingerprint density at radius 2 is 2.00 bits per heavy atom. The van der Waals surface area contributed by atoms with E-state index in [1.54, 1.807) is 5.57 Å². The zero-order valence-corrected chi connectivity index (χ0v) is 13.7. The Hall–Kier alpha value is -0.560. The second-order valence-electron chi connectivity index (χ2n) is 8.63. The summed E-state index contributed by atoms with van der Waals surface area (Å²) in [6.07, 6.45) is 13.0. The van der Waals surface area contributed by atoms with Gasteiger partial charge in [-0.3, -0.25) is 0 Å². The molecular formula is C20H30O. The molecule has 4 aliphatic rings. The molecule has 0 spiro atoms. The average Bonchev–Trinajstić information content (AvgIpc) is 2.66. The molecule has 6 atom stereocenters. The SMILES string of the molecule is C=C1C[C@H]2[C@@H]3CCC4=CCCC[C@@H]4[C@H]3CC[C@]2(C)[C@@]1(C)O. The Kier molecular flexibility index (Phi) is 2.99. The van der Waals surface area contributed by atoms with E-state index in [4.69, 9.17) is 0 Å². The van der Waals surface area contributed by atoms with Crippen LogP contribution in [0.25, 0.3) is 0 Å². The van der Waals surface area contributed by atoms with Crippen LogP contribution in [0.5, 0.6) is 0 Å². The van der Waals surface area contributed by atoms with Gasteiger partial charge in [0.15, 0.2) is 0 Å². The Morgan fingerprint density at radius 1 is 1.19 bits per heavy atom. The van der Waals surface area contributed by atoms with E-state index in [-0.39, 0.29) is 5.41 Å². The van der Waals surface area contributed by atoms with Crippen molar-refractivity contribution < 1.29 is 5.11 Å². The van der Waals surface area contributed by atoms with Gasteiger partial charge in [-0.05, 0) is 87.5 Å². The predicted molar refractivity (Wildman–Crippen MR) is 86.8 cm³/mol. The van der Waals surface area contributed by atoms with Crippen molar-refractivity contribution in [2.24, 2.45) is 29.1 Å². The van der Waals surface area contributed by atoms with E-state index in [1.807, 2.05) is 6.92 Å². The first-order chi connectivity index (χ1) is 9.95. The normalized spacial score (nSPS) is 52.7. The van der Waals surface area contributed by atoms with Crippen molar-refractivity contribution in [1.29, 1.82) is 0 Å². The van der Waals surface area contributed by atoms with Gasteiger partial charge in [-0.1, -0.05) is 25.2 Å². The molecule has 0 aromatic rings. The van der Waals surface area contributed by atoms with Crippen LogP contribution in [0.1, 0.15) is 65.2 Å². The van der Waals surface area contributed by atoms with Crippen LogP contribution in [-0.4, -0.2) is 10.7 Å². The van der Waals surface area contributed by atoms with E-state index in [0.717, 1.165) is 29.7 Å². The van der Waals surface area contributed by atoms with E-state index >= 15 is 0 Å². The van der Waals surface area contributed by atoms with Gasteiger partial charge >= 0.3 is 0 Å². The molecule has 3 saturated carbocycles. The van der Waals surface area contributed by atoms with Crippen LogP contribution in [-0.2, 0) is 0 Å². The topological polar surface area (TPSA) is 20.2 Å². The first kappa shape index (κ1) is 14.1. The molecule has 0 saturated heterocycles. The van der Waals surface area contributed by atoms with Gasteiger partial charge in [-0.15, -0.1) is 0 Å². The van der Waals surface area contributed by atoms with Gasteiger partial charge < -0.3 is 5.11 Å². The zero-order chi connectivity index (χ0) is 14.8. The maximum atomic E-state index is 11.0. The molecule has 0 radical (unpaired) electrons. The van der Waals surface area contributed by atoms with Gasteiger partial charge in [0.2, 0.25) is 0 Å². The highest BCUT2D eigenvalue weighted by Crippen LogP contribution is 2.65. The van der Waals surface area contributed by atoms with Crippen molar-refractivity contribution in [2.75, 3.05) is 0 Å². The fourth-order valence-electron chi connectivity index (χ4n) is 6.47. The van der Waals surface area contributed by atoms with Crippen molar-refractivity contribution in [3.8, 4) is 0 Å². The third-order valence-electron chi connectivity index (χ3n) is 8.03. The molecule has 0 bridgehead atoms. The molecule has 4 aliphatic carbocycles. The van der Waals surface area contributed by atoms with Crippen molar-refractivity contribution in [3.05, 3.63) is 23.8 Å². The Balaban J connectivity index is 1.68. The molecule has 21 heavy (non-hydrogen) atoms. The second-order valence-corrected chi connectivity index (χ2v) is 8.63. The quantitative estimate of drug-likeness (QED) is 0.630. The fourth-order valence-corrected chi connectivity index (χ4v) is 6.47. The highest BCUT2D eigenvalue weighted by Gasteiger charge is 2.61. The molecule has 116 valence electrons. The summed E-state index contributed by atoms with van der Waals surface area (Å²) in [6.45, 7) is 8.61. The minimum Gasteiger partial charge on any atom is -0.385 e. The van der Waals surface area contributed by atoms with Crippen LogP contribution < -0.4 is 0 Å². The van der Waals surface area contributed by atoms with Crippen molar-refractivity contribution in [1.82, 2.24) is 0 Å². The first-order valence-corrected chi connectivity index (χ1v) is 9.05. The van der Waals surface area contributed by atoms with E-state index < -0.39 is 5.60 Å². The summed E-state index contributed by atoms with van der Waals surface area (Å²) in [4.78, 5) is 0. The van der Waals surface area contributed by atoms with Crippen LogP contribution in [0.3, 0.4) is 0 Å². The van der Waals surface area contributed by atoms with Crippen molar-refractivity contribution >= 4 is 0 Å². The molecule has 0 unspecified atom stereocenters. The zero-order valence-electron chi connectivity index (χ0n) is 13.7. The van der Waals surface area contributed by atoms with E-state index in [0.29, 0.717) is 5.92 Å². The highest BCUT2D eigenvalue weighted by molar-refractivity contribution is 5.29. The third-order valence-corrected chi connectivity index (χ3v) is 8.03. The molecular weight excluding hydrogens is 256 g/mol. The molecule has 0 aliphatic heterocycles. The van der Waals surface area contributed by atoms with E-state index in [9.17, 15) is 5.11 Å². The van der Waals surface area contributed by atoms with Gasteiger partial charge in [0.25, 0.3) is 0 Å². The van der Waals surface area contributed by atoms with Gasteiger partial charge in [-0.25, -0.2) is 0 Å². The summed E-state index contributed by atoms with van der Waals surface area (Å²) >= 11 is 0. The minimum absolute atomic E-state index is 0.0706. The highest BCUT2D eigenvalue weighted by atomic mass is 16.3. The minimum atomic E-state index is -0.648. The molecule has 1 N–H and O–H groups in total. The lowest BCUT2D eigenvalue weighted by Crippen LogP contribution is -2.51. The van der Waals surface area contributed by atoms with Crippen molar-refractivity contribution in [2.45, 2.75) is 70.8 Å². The number of aliphatic hydroxyl groups is 1. The number of fused-ring (bicyclic) bond motifs is 5. The molecule has 3 fully saturated rings. The number of rotatable bonds is 0. The molecule has 4 rings (SSSR count). The smallest absolute Gasteiger partial charge is 0.0882 e. The monoisotopic (exact) mass is 286 g/mol. The van der Waals surface area contributed by atoms with E-state index in [2.05, 4.69) is 19.6 Å². The molecule has 0 heterocycles. The summed E-state index contributed by atoms with van der Waals surface area (Å²) in [6, 6.07) is 0. The van der Waals surface area contributed by atoms with Crippen LogP contribution in [0, 0.1) is 29.1 Å². The lowest BCUT2D eigenvalue weighted by molar-refractivity contribution is -0.0962. The molecule has 0 aromatic carbocycles. The molecule has 0 amide bonds. The van der Waals surface area contributed by atoms with Gasteiger partial charge in [0, 0.05) is 5.41 Å². The standard InChI is InChI=1S/C20H30O/c1-13-12-18-17-9-8-14-6-4-5-7-15(14)16(17)10-11-19(18,2)20(13,3)21/h6,15-18,21H,1,4-5,7-12H2,2-3H3/t15-,16+,17+,18-,19-,20-/m0/s1. The van der Waals surface area contributed by atoms with Gasteiger partial charge in [-0.2, -0.15) is 0 Å². The van der Waals surface area contributed by atoms with Crippen LogP contribution in [0.2, 0.25) is 0 Å². The summed E-state index contributed by atoms with van der Waals surface area (Å²) < 4.78 is 0. The largest absolute Gasteiger partial charge is 0.385 e. The predicted octanol–water partition coefficient (Wildman–Crippen LogP) is 4.87. The lowest BCUT2D eigenvalue weighted by Gasteiger charge is -2.55. The second kappa shape index (κ2) is 4.47. The maximum absolute atomic E-state index is 11.0. The lowest BCUT2D eigenvalue weighted by atomic mass is 9.51. The van der Waals surface area contributed by atoms with Crippen molar-refractivity contribution in [3.63, 3.8) is 0 Å². The molecule has 1 nitrogen and oxygen atoms in total. The third kappa shape index (κ3) is 1.73. The van der Waals surface area contributed by atoms with Crippen LogP contribution in [0.4, 0.5) is 0 Å². The van der Waals surface area contributed by atoms with E-state index in [1.165, 1.54) is 44.9 Å². The number of hydrogen-bond acceptors (Lipinski definition) is 1. The summed E-state index contributed by atoms with van der Waals surface area (Å²) in [5.74, 6) is 3.27. The summed E-state index contributed by atoms with van der Waals surface area (Å²) in [5, 5.41) is 11.0. The first-order valence-electron chi connectivity index (χ1n) is 9.05. The Morgan fingerprint density at radius 3 is 2.81 bits per heavy atom. The Bertz CT molecular complexity index is 500. The Labute approximate surface area is 129 Å². The summed E-state index contributed by atoms with van der Waals surface area (Å²) in [5.41, 5.74) is 2.31. The molecule has 1 heteroatoms. The summed E-state index contributed by atoms with van der Waals surface area (Å²) in [7, 11) is 0.